The highest BCUT2D eigenvalue weighted by molar-refractivity contribution is 6.30. The Kier molecular flexibility index (Phi) is 4.94. The molecule has 0 bridgehead atoms. The summed E-state index contributed by atoms with van der Waals surface area (Å²) in [5, 5.41) is 0.614. The molecule has 0 saturated carbocycles. The van der Waals surface area contributed by atoms with Crippen LogP contribution in [0.15, 0.2) is 42.0 Å². The number of halogens is 1. The summed E-state index contributed by atoms with van der Waals surface area (Å²) in [4.78, 5) is 14.8. The van der Waals surface area contributed by atoms with E-state index in [0.717, 1.165) is 28.4 Å². The molecule has 0 aromatic heterocycles. The van der Waals surface area contributed by atoms with Crippen LogP contribution in [0.25, 0.3) is 6.08 Å². The van der Waals surface area contributed by atoms with Gasteiger partial charge in [-0.15, -0.1) is 0 Å². The Morgan fingerprint density at radius 1 is 1.11 bits per heavy atom. The second-order valence-electron chi connectivity index (χ2n) is 6.40. The van der Waals surface area contributed by atoms with Crippen molar-refractivity contribution >= 4 is 23.6 Å². The van der Waals surface area contributed by atoms with Gasteiger partial charge in [-0.05, 0) is 37.3 Å². The van der Waals surface area contributed by atoms with Crippen LogP contribution in [0, 0.1) is 0 Å². The van der Waals surface area contributed by atoms with Gasteiger partial charge in [0.05, 0.1) is 5.57 Å². The Bertz CT molecular complexity index is 909. The Morgan fingerprint density at radius 2 is 1.96 bits per heavy atom. The number of carbonyl (C=O) groups excluding carboxylic acids is 1. The fourth-order valence-corrected chi connectivity index (χ4v) is 3.45. The molecule has 0 spiro atoms. The molecular weight excluding hydrogens is 366 g/mol. The zero-order valence-electron chi connectivity index (χ0n) is 15.0. The third kappa shape index (κ3) is 3.60. The standard InChI is InChI=1S/C21H20ClNO4/c1-2-23(12-14-4-3-5-19-20(14)26-9-8-25-19)21(24)16-10-15-11-17(22)6-7-18(15)27-13-16/h3-7,10-11H,2,8-9,12-13H2,1H3. The number of amides is 1. The van der Waals surface area contributed by atoms with Crippen LogP contribution in [-0.4, -0.2) is 37.2 Å². The molecule has 2 aliphatic heterocycles. The average molecular weight is 386 g/mol. The summed E-state index contributed by atoms with van der Waals surface area (Å²) < 4.78 is 17.1. The molecule has 27 heavy (non-hydrogen) atoms. The van der Waals surface area contributed by atoms with Gasteiger partial charge in [0.15, 0.2) is 11.5 Å². The smallest absolute Gasteiger partial charge is 0.253 e. The summed E-state index contributed by atoms with van der Waals surface area (Å²) in [5.41, 5.74) is 2.36. The molecule has 2 aliphatic rings. The van der Waals surface area contributed by atoms with E-state index in [4.69, 9.17) is 25.8 Å². The van der Waals surface area contributed by atoms with Crippen LogP contribution >= 0.6 is 11.6 Å². The van der Waals surface area contributed by atoms with Crippen molar-refractivity contribution in [3.8, 4) is 17.2 Å². The van der Waals surface area contributed by atoms with Crippen LogP contribution in [0.4, 0.5) is 0 Å². The monoisotopic (exact) mass is 385 g/mol. The molecule has 0 unspecified atom stereocenters. The Morgan fingerprint density at radius 3 is 2.81 bits per heavy atom. The van der Waals surface area contributed by atoms with Crippen LogP contribution in [-0.2, 0) is 11.3 Å². The first kappa shape index (κ1) is 17.7. The molecule has 5 nitrogen and oxygen atoms in total. The maximum atomic E-state index is 13.1. The zero-order chi connectivity index (χ0) is 18.8. The van der Waals surface area contributed by atoms with Crippen LogP contribution in [0.2, 0.25) is 5.02 Å². The van der Waals surface area contributed by atoms with Crippen molar-refractivity contribution in [3.05, 3.63) is 58.1 Å². The van der Waals surface area contributed by atoms with Gasteiger partial charge in [0.25, 0.3) is 5.91 Å². The number of likely N-dealkylation sites (N-methyl/N-ethyl adjacent to an activating group) is 1. The van der Waals surface area contributed by atoms with E-state index in [1.54, 1.807) is 17.0 Å². The third-order valence-electron chi connectivity index (χ3n) is 4.64. The van der Waals surface area contributed by atoms with Crippen molar-refractivity contribution in [2.24, 2.45) is 0 Å². The van der Waals surface area contributed by atoms with Crippen LogP contribution in [0.3, 0.4) is 0 Å². The van der Waals surface area contributed by atoms with Gasteiger partial charge in [0.2, 0.25) is 0 Å². The molecule has 0 atom stereocenters. The lowest BCUT2D eigenvalue weighted by atomic mass is 10.1. The Hall–Kier alpha value is -2.66. The van der Waals surface area contributed by atoms with Gasteiger partial charge >= 0.3 is 0 Å². The number of carbonyl (C=O) groups is 1. The fourth-order valence-electron chi connectivity index (χ4n) is 3.27. The van der Waals surface area contributed by atoms with Crippen molar-refractivity contribution in [1.82, 2.24) is 4.90 Å². The van der Waals surface area contributed by atoms with E-state index in [1.807, 2.05) is 37.3 Å². The third-order valence-corrected chi connectivity index (χ3v) is 4.87. The number of ether oxygens (including phenoxy) is 3. The Labute approximate surface area is 163 Å². The number of hydrogen-bond donors (Lipinski definition) is 0. The van der Waals surface area contributed by atoms with Gasteiger partial charge in [-0.3, -0.25) is 4.79 Å². The SMILES string of the molecule is CCN(Cc1cccc2c1OCCO2)C(=O)C1=Cc2cc(Cl)ccc2OC1. The molecule has 4 rings (SSSR count). The summed E-state index contributed by atoms with van der Waals surface area (Å²) in [6, 6.07) is 11.2. The van der Waals surface area contributed by atoms with Crippen molar-refractivity contribution in [2.45, 2.75) is 13.5 Å². The minimum absolute atomic E-state index is 0.0579. The van der Waals surface area contributed by atoms with E-state index in [-0.39, 0.29) is 12.5 Å². The van der Waals surface area contributed by atoms with E-state index < -0.39 is 0 Å². The van der Waals surface area contributed by atoms with Gasteiger partial charge < -0.3 is 19.1 Å². The van der Waals surface area contributed by atoms with Crippen molar-refractivity contribution in [2.75, 3.05) is 26.4 Å². The number of hydrogen-bond acceptors (Lipinski definition) is 4. The van der Waals surface area contributed by atoms with Gasteiger partial charge in [0.1, 0.15) is 25.6 Å². The molecule has 2 aromatic rings. The van der Waals surface area contributed by atoms with Gasteiger partial charge in [-0.25, -0.2) is 0 Å². The van der Waals surface area contributed by atoms with Crippen LogP contribution < -0.4 is 14.2 Å². The topological polar surface area (TPSA) is 48.0 Å². The summed E-state index contributed by atoms with van der Waals surface area (Å²) in [6.45, 7) is 4.28. The van der Waals surface area contributed by atoms with Crippen molar-refractivity contribution in [1.29, 1.82) is 0 Å². The summed E-state index contributed by atoms with van der Waals surface area (Å²) in [6.07, 6.45) is 1.86. The maximum Gasteiger partial charge on any atom is 0.253 e. The molecule has 2 aromatic carbocycles. The van der Waals surface area contributed by atoms with Crippen LogP contribution in [0.5, 0.6) is 17.2 Å². The minimum Gasteiger partial charge on any atom is -0.488 e. The molecule has 0 saturated heterocycles. The van der Waals surface area contributed by atoms with Gasteiger partial charge in [0, 0.05) is 29.2 Å². The summed E-state index contributed by atoms with van der Waals surface area (Å²) in [7, 11) is 0. The number of fused-ring (bicyclic) bond motifs is 2. The molecular formula is C21H20ClNO4. The lowest BCUT2D eigenvalue weighted by Crippen LogP contribution is -2.34. The van der Waals surface area contributed by atoms with E-state index in [2.05, 4.69) is 0 Å². The Balaban J connectivity index is 1.58. The second-order valence-corrected chi connectivity index (χ2v) is 6.84. The molecule has 6 heteroatoms. The van der Waals surface area contributed by atoms with Crippen molar-refractivity contribution in [3.63, 3.8) is 0 Å². The largest absolute Gasteiger partial charge is 0.488 e. The highest BCUT2D eigenvalue weighted by Gasteiger charge is 2.24. The molecule has 140 valence electrons. The number of nitrogens with zero attached hydrogens (tertiary/aromatic N) is 1. The second kappa shape index (κ2) is 7.53. The van der Waals surface area contributed by atoms with E-state index in [9.17, 15) is 4.79 Å². The predicted octanol–water partition coefficient (Wildman–Crippen LogP) is 3.94. The highest BCUT2D eigenvalue weighted by Crippen LogP contribution is 2.35. The van der Waals surface area contributed by atoms with E-state index in [0.29, 0.717) is 36.9 Å². The summed E-state index contributed by atoms with van der Waals surface area (Å²) >= 11 is 6.06. The first-order valence-electron chi connectivity index (χ1n) is 8.95. The first-order valence-corrected chi connectivity index (χ1v) is 9.33. The van der Waals surface area contributed by atoms with Crippen molar-refractivity contribution < 1.29 is 19.0 Å². The lowest BCUT2D eigenvalue weighted by Gasteiger charge is -2.27. The zero-order valence-corrected chi connectivity index (χ0v) is 15.8. The molecule has 1 amide bonds. The molecule has 2 heterocycles. The van der Waals surface area contributed by atoms with Crippen LogP contribution in [0.1, 0.15) is 18.1 Å². The van der Waals surface area contributed by atoms with E-state index >= 15 is 0 Å². The lowest BCUT2D eigenvalue weighted by molar-refractivity contribution is -0.127. The van der Waals surface area contributed by atoms with Gasteiger partial charge in [-0.1, -0.05) is 23.7 Å². The molecule has 0 aliphatic carbocycles. The molecule has 0 fully saturated rings. The highest BCUT2D eigenvalue weighted by atomic mass is 35.5. The number of rotatable bonds is 4. The maximum absolute atomic E-state index is 13.1. The number of benzene rings is 2. The average Bonchev–Trinajstić information content (AvgIpc) is 2.71. The predicted molar refractivity (Wildman–Crippen MR) is 103 cm³/mol. The normalized spacial score (nSPS) is 14.7. The quantitative estimate of drug-likeness (QED) is 0.800. The molecule has 0 radical (unpaired) electrons. The fraction of sp³-hybridized carbons (Fsp3) is 0.286. The van der Waals surface area contributed by atoms with E-state index in [1.165, 1.54) is 0 Å². The summed E-state index contributed by atoms with van der Waals surface area (Å²) in [5.74, 6) is 2.13. The first-order chi connectivity index (χ1) is 13.2. The minimum atomic E-state index is -0.0579. The number of para-hydroxylation sites is 1. The molecule has 0 N–H and O–H groups in total. The van der Waals surface area contributed by atoms with Gasteiger partial charge in [-0.2, -0.15) is 0 Å².